The van der Waals surface area contributed by atoms with Crippen molar-refractivity contribution in [1.82, 2.24) is 0 Å². The molecule has 0 radical (unpaired) electrons. The van der Waals surface area contributed by atoms with Crippen LogP contribution in [0.25, 0.3) is 0 Å². The summed E-state index contributed by atoms with van der Waals surface area (Å²) in [5.74, 6) is 0.575. The molecular formula is C17H28N2. The fourth-order valence-corrected chi connectivity index (χ4v) is 3.36. The Bertz CT molecular complexity index is 429. The van der Waals surface area contributed by atoms with Crippen molar-refractivity contribution in [3.8, 4) is 0 Å². The van der Waals surface area contributed by atoms with E-state index in [1.165, 1.54) is 42.5 Å². The van der Waals surface area contributed by atoms with Gasteiger partial charge >= 0.3 is 0 Å². The number of anilines is 1. The van der Waals surface area contributed by atoms with Gasteiger partial charge in [0.2, 0.25) is 0 Å². The van der Waals surface area contributed by atoms with E-state index in [9.17, 15) is 0 Å². The summed E-state index contributed by atoms with van der Waals surface area (Å²) in [5.41, 5.74) is 10.6. The Hall–Kier alpha value is -1.02. The van der Waals surface area contributed by atoms with Crippen molar-refractivity contribution in [3.63, 3.8) is 0 Å². The van der Waals surface area contributed by atoms with Gasteiger partial charge in [0.05, 0.1) is 0 Å². The van der Waals surface area contributed by atoms with Crippen LogP contribution in [0.5, 0.6) is 0 Å². The third-order valence-corrected chi connectivity index (χ3v) is 4.69. The Morgan fingerprint density at radius 2 is 1.84 bits per heavy atom. The summed E-state index contributed by atoms with van der Waals surface area (Å²) in [5, 5.41) is 0. The van der Waals surface area contributed by atoms with E-state index < -0.39 is 0 Å². The Morgan fingerprint density at radius 1 is 1.21 bits per heavy atom. The van der Waals surface area contributed by atoms with Crippen LogP contribution >= 0.6 is 0 Å². The molecule has 1 fully saturated rings. The van der Waals surface area contributed by atoms with E-state index in [-0.39, 0.29) is 5.41 Å². The molecule has 1 aliphatic carbocycles. The quantitative estimate of drug-likeness (QED) is 0.895. The fraction of sp³-hybridized carbons (Fsp3) is 0.647. The van der Waals surface area contributed by atoms with Gasteiger partial charge in [-0.1, -0.05) is 38.8 Å². The summed E-state index contributed by atoms with van der Waals surface area (Å²) >= 11 is 0. The molecule has 2 heteroatoms. The molecule has 1 saturated carbocycles. The normalized spacial score (nSPS) is 18.0. The topological polar surface area (TPSA) is 29.3 Å². The number of benzene rings is 1. The van der Waals surface area contributed by atoms with Crippen molar-refractivity contribution in [2.24, 2.45) is 5.73 Å². The molecule has 0 amide bonds. The molecular weight excluding hydrogens is 232 g/mol. The summed E-state index contributed by atoms with van der Waals surface area (Å²) in [7, 11) is 4.26. The van der Waals surface area contributed by atoms with Crippen molar-refractivity contribution >= 4 is 5.69 Å². The van der Waals surface area contributed by atoms with Gasteiger partial charge < -0.3 is 10.6 Å². The molecule has 2 N–H and O–H groups in total. The van der Waals surface area contributed by atoms with Gasteiger partial charge in [0.25, 0.3) is 0 Å². The van der Waals surface area contributed by atoms with Crippen LogP contribution in [-0.4, -0.2) is 20.6 Å². The second-order valence-electron chi connectivity index (χ2n) is 6.52. The zero-order valence-corrected chi connectivity index (χ0v) is 12.9. The smallest absolute Gasteiger partial charge is 0.0399 e. The zero-order chi connectivity index (χ0) is 14.0. The molecule has 0 aliphatic heterocycles. The van der Waals surface area contributed by atoms with Gasteiger partial charge in [-0.05, 0) is 36.0 Å². The highest BCUT2D eigenvalue weighted by atomic mass is 15.1. The van der Waals surface area contributed by atoms with Crippen LogP contribution in [0.4, 0.5) is 5.69 Å². The molecule has 0 saturated heterocycles. The lowest BCUT2D eigenvalue weighted by Gasteiger charge is -2.33. The van der Waals surface area contributed by atoms with Crippen LogP contribution in [0.3, 0.4) is 0 Å². The van der Waals surface area contributed by atoms with Crippen LogP contribution in [0, 0.1) is 0 Å². The number of hydrogen-bond acceptors (Lipinski definition) is 2. The summed E-state index contributed by atoms with van der Waals surface area (Å²) < 4.78 is 0. The molecule has 19 heavy (non-hydrogen) atoms. The van der Waals surface area contributed by atoms with E-state index in [4.69, 9.17) is 5.73 Å². The maximum Gasteiger partial charge on any atom is 0.0399 e. The van der Waals surface area contributed by atoms with Crippen LogP contribution in [0.1, 0.15) is 56.6 Å². The van der Waals surface area contributed by atoms with E-state index in [2.05, 4.69) is 51.0 Å². The average molecular weight is 260 g/mol. The van der Waals surface area contributed by atoms with E-state index >= 15 is 0 Å². The Labute approximate surface area is 118 Å². The third-order valence-electron chi connectivity index (χ3n) is 4.69. The lowest BCUT2D eigenvalue weighted by atomic mass is 9.76. The lowest BCUT2D eigenvalue weighted by molar-refractivity contribution is 0.452. The van der Waals surface area contributed by atoms with Gasteiger partial charge in [-0.15, -0.1) is 0 Å². The molecule has 1 aromatic carbocycles. The first-order chi connectivity index (χ1) is 9.00. The third kappa shape index (κ3) is 2.64. The average Bonchev–Trinajstić information content (AvgIpc) is 2.87. The van der Waals surface area contributed by atoms with E-state index in [0.29, 0.717) is 5.92 Å². The van der Waals surface area contributed by atoms with Gasteiger partial charge in [0.15, 0.2) is 0 Å². The molecule has 0 bridgehead atoms. The van der Waals surface area contributed by atoms with Crippen LogP contribution in [0.15, 0.2) is 18.2 Å². The number of nitrogens with zero attached hydrogens (tertiary/aromatic N) is 1. The van der Waals surface area contributed by atoms with Crippen molar-refractivity contribution in [3.05, 3.63) is 29.3 Å². The Morgan fingerprint density at radius 3 is 2.32 bits per heavy atom. The van der Waals surface area contributed by atoms with E-state index in [1.807, 2.05) is 0 Å². The van der Waals surface area contributed by atoms with E-state index in [0.717, 1.165) is 6.54 Å². The largest absolute Gasteiger partial charge is 0.377 e. The molecule has 0 unspecified atom stereocenters. The van der Waals surface area contributed by atoms with Gasteiger partial charge in [0, 0.05) is 31.7 Å². The highest BCUT2D eigenvalue weighted by Crippen LogP contribution is 2.44. The lowest BCUT2D eigenvalue weighted by Crippen LogP contribution is -2.34. The van der Waals surface area contributed by atoms with Crippen molar-refractivity contribution < 1.29 is 0 Å². The standard InChI is InChI=1S/C17H28N2/c1-13(2)14-7-8-16(19(3)4)15(11-14)17(12-18)9-5-6-10-17/h7-8,11,13H,5-6,9-10,12,18H2,1-4H3. The summed E-state index contributed by atoms with van der Waals surface area (Å²) in [6.07, 6.45) is 5.11. The predicted octanol–water partition coefficient (Wildman–Crippen LogP) is 3.65. The second-order valence-corrected chi connectivity index (χ2v) is 6.52. The molecule has 1 aliphatic rings. The van der Waals surface area contributed by atoms with E-state index in [1.54, 1.807) is 0 Å². The summed E-state index contributed by atoms with van der Waals surface area (Å²) in [4.78, 5) is 2.23. The van der Waals surface area contributed by atoms with Gasteiger partial charge in [-0.3, -0.25) is 0 Å². The minimum atomic E-state index is 0.213. The second kappa shape index (κ2) is 5.54. The predicted molar refractivity (Wildman–Crippen MR) is 84.1 cm³/mol. The first-order valence-electron chi connectivity index (χ1n) is 7.52. The van der Waals surface area contributed by atoms with Crippen LogP contribution in [-0.2, 0) is 5.41 Å². The number of hydrogen-bond donors (Lipinski definition) is 1. The molecule has 0 aromatic heterocycles. The molecule has 0 atom stereocenters. The van der Waals surface area contributed by atoms with Crippen molar-refractivity contribution in [2.75, 3.05) is 25.5 Å². The first-order valence-corrected chi connectivity index (χ1v) is 7.52. The van der Waals surface area contributed by atoms with Crippen LogP contribution < -0.4 is 10.6 Å². The van der Waals surface area contributed by atoms with Crippen LogP contribution in [0.2, 0.25) is 0 Å². The van der Waals surface area contributed by atoms with Gasteiger partial charge in [-0.25, -0.2) is 0 Å². The molecule has 1 aromatic rings. The first kappa shape index (κ1) is 14.4. The highest BCUT2D eigenvalue weighted by Gasteiger charge is 2.36. The minimum absolute atomic E-state index is 0.213. The number of rotatable bonds is 4. The zero-order valence-electron chi connectivity index (χ0n) is 12.9. The molecule has 106 valence electrons. The minimum Gasteiger partial charge on any atom is -0.377 e. The molecule has 0 heterocycles. The van der Waals surface area contributed by atoms with Crippen molar-refractivity contribution in [2.45, 2.75) is 50.9 Å². The fourth-order valence-electron chi connectivity index (χ4n) is 3.36. The summed E-state index contributed by atoms with van der Waals surface area (Å²) in [6.45, 7) is 5.30. The Kier molecular flexibility index (Phi) is 4.19. The highest BCUT2D eigenvalue weighted by molar-refractivity contribution is 5.58. The molecule has 0 spiro atoms. The summed E-state index contributed by atoms with van der Waals surface area (Å²) in [6, 6.07) is 6.96. The maximum atomic E-state index is 6.18. The van der Waals surface area contributed by atoms with Gasteiger partial charge in [-0.2, -0.15) is 0 Å². The maximum absolute atomic E-state index is 6.18. The van der Waals surface area contributed by atoms with Crippen molar-refractivity contribution in [1.29, 1.82) is 0 Å². The molecule has 2 nitrogen and oxygen atoms in total. The number of nitrogens with two attached hydrogens (primary N) is 1. The monoisotopic (exact) mass is 260 g/mol. The Balaban J connectivity index is 2.54. The molecule has 2 rings (SSSR count). The SMILES string of the molecule is CC(C)c1ccc(N(C)C)c(C2(CN)CCCC2)c1. The van der Waals surface area contributed by atoms with Gasteiger partial charge in [0.1, 0.15) is 0 Å².